The molecule has 0 aromatic carbocycles. The van der Waals surface area contributed by atoms with Crippen molar-refractivity contribution in [2.75, 3.05) is 5.32 Å². The van der Waals surface area contributed by atoms with Gasteiger partial charge in [0.25, 0.3) is 0 Å². The van der Waals surface area contributed by atoms with Gasteiger partial charge in [0.15, 0.2) is 0 Å². The molecule has 0 saturated heterocycles. The zero-order valence-electron chi connectivity index (χ0n) is 10.8. The number of aryl methyl sites for hydroxylation is 1. The first-order valence-electron chi connectivity index (χ1n) is 6.57. The van der Waals surface area contributed by atoms with Gasteiger partial charge in [0, 0.05) is 34.9 Å². The molecule has 5 heteroatoms. The molecule has 1 atom stereocenters. The molecule has 2 aromatic heterocycles. The molecule has 0 fully saturated rings. The highest BCUT2D eigenvalue weighted by molar-refractivity contribution is 9.10. The van der Waals surface area contributed by atoms with Crippen molar-refractivity contribution < 1.29 is 4.79 Å². The lowest BCUT2D eigenvalue weighted by molar-refractivity contribution is -0.120. The lowest BCUT2D eigenvalue weighted by atomic mass is 9.86. The fraction of sp³-hybridized carbons (Fsp3) is 0.267. The number of halogens is 1. The summed E-state index contributed by atoms with van der Waals surface area (Å²) >= 11 is 3.43. The molecule has 0 aliphatic heterocycles. The van der Waals surface area contributed by atoms with Gasteiger partial charge in [-0.05, 0) is 52.5 Å². The standard InChI is InChI=1S/C15H14BrN3O/c16-12-7-10-4-5-11(8-13(10)18-9-12)15(20)19-14-3-1-2-6-17-14/h1-3,6-7,9,11H,4-5,8H2,(H,17,19,20)/t11-/m0/s1. The van der Waals surface area contributed by atoms with Gasteiger partial charge >= 0.3 is 0 Å². The van der Waals surface area contributed by atoms with Crippen molar-refractivity contribution in [1.29, 1.82) is 0 Å². The second-order valence-electron chi connectivity index (χ2n) is 4.90. The molecule has 0 bridgehead atoms. The van der Waals surface area contributed by atoms with E-state index in [0.29, 0.717) is 12.2 Å². The second kappa shape index (κ2) is 5.71. The quantitative estimate of drug-likeness (QED) is 0.920. The molecule has 0 saturated carbocycles. The minimum atomic E-state index is -0.0295. The van der Waals surface area contributed by atoms with Gasteiger partial charge in [-0.1, -0.05) is 6.07 Å². The Morgan fingerprint density at radius 2 is 2.25 bits per heavy atom. The topological polar surface area (TPSA) is 54.9 Å². The predicted molar refractivity (Wildman–Crippen MR) is 80.3 cm³/mol. The molecule has 2 heterocycles. The van der Waals surface area contributed by atoms with Crippen LogP contribution in [0.1, 0.15) is 17.7 Å². The molecule has 1 amide bonds. The van der Waals surface area contributed by atoms with Crippen molar-refractivity contribution in [3.8, 4) is 0 Å². The molecule has 102 valence electrons. The van der Waals surface area contributed by atoms with Crippen LogP contribution in [0.15, 0.2) is 41.1 Å². The summed E-state index contributed by atoms with van der Waals surface area (Å²) in [6.45, 7) is 0. The van der Waals surface area contributed by atoms with Gasteiger partial charge in [-0.2, -0.15) is 0 Å². The summed E-state index contributed by atoms with van der Waals surface area (Å²) in [7, 11) is 0. The molecule has 1 aliphatic carbocycles. The number of nitrogens with zero attached hydrogens (tertiary/aromatic N) is 2. The van der Waals surface area contributed by atoms with E-state index in [9.17, 15) is 4.79 Å². The van der Waals surface area contributed by atoms with Gasteiger partial charge in [-0.25, -0.2) is 4.98 Å². The van der Waals surface area contributed by atoms with Crippen molar-refractivity contribution in [2.45, 2.75) is 19.3 Å². The van der Waals surface area contributed by atoms with E-state index in [1.165, 1.54) is 5.56 Å². The first kappa shape index (κ1) is 13.2. The van der Waals surface area contributed by atoms with Crippen molar-refractivity contribution >= 4 is 27.7 Å². The second-order valence-corrected chi connectivity index (χ2v) is 5.82. The Hall–Kier alpha value is -1.75. The van der Waals surface area contributed by atoms with Gasteiger partial charge in [0.1, 0.15) is 5.82 Å². The fourth-order valence-electron chi connectivity index (χ4n) is 2.46. The van der Waals surface area contributed by atoms with Crippen LogP contribution in [0.4, 0.5) is 5.82 Å². The Kier molecular flexibility index (Phi) is 3.78. The normalized spacial score (nSPS) is 17.4. The molecule has 20 heavy (non-hydrogen) atoms. The Morgan fingerprint density at radius 3 is 3.05 bits per heavy atom. The Labute approximate surface area is 125 Å². The van der Waals surface area contributed by atoms with Crippen LogP contribution in [0.25, 0.3) is 0 Å². The van der Waals surface area contributed by atoms with Crippen LogP contribution in [0.3, 0.4) is 0 Å². The molecule has 0 radical (unpaired) electrons. The monoisotopic (exact) mass is 331 g/mol. The third-order valence-electron chi connectivity index (χ3n) is 3.52. The van der Waals surface area contributed by atoms with Crippen molar-refractivity contribution in [1.82, 2.24) is 9.97 Å². The summed E-state index contributed by atoms with van der Waals surface area (Å²) < 4.78 is 0.993. The number of hydrogen-bond acceptors (Lipinski definition) is 3. The smallest absolute Gasteiger partial charge is 0.229 e. The maximum atomic E-state index is 12.3. The van der Waals surface area contributed by atoms with E-state index in [0.717, 1.165) is 23.0 Å². The highest BCUT2D eigenvalue weighted by Crippen LogP contribution is 2.26. The number of carbonyl (C=O) groups excluding carboxylic acids is 1. The van der Waals surface area contributed by atoms with Gasteiger partial charge in [-0.3, -0.25) is 9.78 Å². The highest BCUT2D eigenvalue weighted by Gasteiger charge is 2.25. The Morgan fingerprint density at radius 1 is 1.35 bits per heavy atom. The first-order valence-corrected chi connectivity index (χ1v) is 7.37. The number of aromatic nitrogens is 2. The third-order valence-corrected chi connectivity index (χ3v) is 3.95. The minimum Gasteiger partial charge on any atom is -0.310 e. The van der Waals surface area contributed by atoms with Crippen LogP contribution >= 0.6 is 15.9 Å². The molecule has 1 N–H and O–H groups in total. The van der Waals surface area contributed by atoms with Crippen molar-refractivity contribution in [3.63, 3.8) is 0 Å². The van der Waals surface area contributed by atoms with E-state index in [-0.39, 0.29) is 11.8 Å². The zero-order chi connectivity index (χ0) is 13.9. The Bertz CT molecular complexity index is 630. The lowest BCUT2D eigenvalue weighted by Gasteiger charge is -2.23. The number of hydrogen-bond donors (Lipinski definition) is 1. The first-order chi connectivity index (χ1) is 9.72. The average Bonchev–Trinajstić information content (AvgIpc) is 2.47. The van der Waals surface area contributed by atoms with Gasteiger partial charge in [-0.15, -0.1) is 0 Å². The summed E-state index contributed by atoms with van der Waals surface area (Å²) in [5, 5.41) is 2.87. The van der Waals surface area contributed by atoms with Gasteiger partial charge < -0.3 is 5.32 Å². The molecule has 4 nitrogen and oxygen atoms in total. The van der Waals surface area contributed by atoms with Gasteiger partial charge in [0.2, 0.25) is 5.91 Å². The lowest BCUT2D eigenvalue weighted by Crippen LogP contribution is -2.29. The number of nitrogens with one attached hydrogen (secondary N) is 1. The largest absolute Gasteiger partial charge is 0.310 e. The summed E-state index contributed by atoms with van der Waals surface area (Å²) in [5.41, 5.74) is 2.27. The van der Waals surface area contributed by atoms with E-state index in [2.05, 4.69) is 37.3 Å². The van der Waals surface area contributed by atoms with E-state index in [4.69, 9.17) is 0 Å². The molecule has 0 unspecified atom stereocenters. The summed E-state index contributed by atoms with van der Waals surface area (Å²) in [4.78, 5) is 20.8. The van der Waals surface area contributed by atoms with E-state index in [1.807, 2.05) is 12.1 Å². The van der Waals surface area contributed by atoms with Crippen LogP contribution in [0.2, 0.25) is 0 Å². The maximum Gasteiger partial charge on any atom is 0.229 e. The SMILES string of the molecule is O=C(Nc1ccccn1)[C@H]1CCc2cc(Br)cnc2C1. The number of anilines is 1. The molecule has 0 spiro atoms. The van der Waals surface area contributed by atoms with Crippen LogP contribution in [-0.2, 0) is 17.6 Å². The van der Waals surface area contributed by atoms with Crippen LogP contribution < -0.4 is 5.32 Å². The predicted octanol–water partition coefficient (Wildman–Crippen LogP) is 2.98. The van der Waals surface area contributed by atoms with Crippen LogP contribution in [-0.4, -0.2) is 15.9 Å². The van der Waals surface area contributed by atoms with Crippen LogP contribution in [0, 0.1) is 5.92 Å². The maximum absolute atomic E-state index is 12.3. The molecule has 1 aliphatic rings. The minimum absolute atomic E-state index is 0.0269. The third kappa shape index (κ3) is 2.88. The highest BCUT2D eigenvalue weighted by atomic mass is 79.9. The van der Waals surface area contributed by atoms with E-state index < -0.39 is 0 Å². The number of rotatable bonds is 2. The van der Waals surface area contributed by atoms with Crippen molar-refractivity contribution in [2.24, 2.45) is 5.92 Å². The summed E-state index contributed by atoms with van der Waals surface area (Å²) in [6, 6.07) is 7.57. The molecule has 2 aromatic rings. The average molecular weight is 332 g/mol. The molecule has 3 rings (SSSR count). The Balaban J connectivity index is 1.70. The van der Waals surface area contributed by atoms with E-state index in [1.54, 1.807) is 18.5 Å². The van der Waals surface area contributed by atoms with E-state index >= 15 is 0 Å². The number of fused-ring (bicyclic) bond motifs is 1. The zero-order valence-corrected chi connectivity index (χ0v) is 12.4. The molecular formula is C15H14BrN3O. The number of pyridine rings is 2. The van der Waals surface area contributed by atoms with Gasteiger partial charge in [0.05, 0.1) is 0 Å². The van der Waals surface area contributed by atoms with Crippen LogP contribution in [0.5, 0.6) is 0 Å². The summed E-state index contributed by atoms with van der Waals surface area (Å²) in [5.74, 6) is 0.601. The summed E-state index contributed by atoms with van der Waals surface area (Å²) in [6.07, 6.45) is 5.90. The molecular weight excluding hydrogens is 318 g/mol. The number of carbonyl (C=O) groups is 1. The van der Waals surface area contributed by atoms with Crippen molar-refractivity contribution in [3.05, 3.63) is 52.4 Å². The number of amides is 1. The fourth-order valence-corrected chi connectivity index (χ4v) is 2.84.